The SMILES string of the molecule is C#CCn1c(=NC(=O)c2cc([N+](=O)[O-])cc([N+](=O)[O-])c2)sc2cc(Br)ccc21. The number of nitro benzene ring substituents is 2. The van der Waals surface area contributed by atoms with Crippen LogP contribution in [0, 0.1) is 32.6 Å². The second-order valence-corrected chi connectivity index (χ2v) is 7.38. The third kappa shape index (κ3) is 3.83. The lowest BCUT2D eigenvalue weighted by Crippen LogP contribution is -2.16. The Kier molecular flexibility index (Phi) is 5.34. The Labute approximate surface area is 169 Å². The largest absolute Gasteiger partial charge is 0.305 e. The summed E-state index contributed by atoms with van der Waals surface area (Å²) in [6, 6.07) is 8.16. The Hall–Kier alpha value is -3.36. The number of non-ortho nitro benzene ring substituents is 2. The van der Waals surface area contributed by atoms with Gasteiger partial charge in [0.2, 0.25) is 0 Å². The van der Waals surface area contributed by atoms with Gasteiger partial charge in [0.1, 0.15) is 0 Å². The molecule has 140 valence electrons. The van der Waals surface area contributed by atoms with Crippen molar-refractivity contribution in [1.82, 2.24) is 4.57 Å². The van der Waals surface area contributed by atoms with Crippen LogP contribution in [0.2, 0.25) is 0 Å². The molecule has 0 atom stereocenters. The summed E-state index contributed by atoms with van der Waals surface area (Å²) in [7, 11) is 0. The number of hydrogen-bond acceptors (Lipinski definition) is 6. The van der Waals surface area contributed by atoms with E-state index in [1.54, 1.807) is 4.57 Å². The molecule has 0 fully saturated rings. The van der Waals surface area contributed by atoms with Crippen LogP contribution in [-0.4, -0.2) is 20.3 Å². The summed E-state index contributed by atoms with van der Waals surface area (Å²) in [6.07, 6.45) is 5.41. The maximum absolute atomic E-state index is 12.6. The van der Waals surface area contributed by atoms with Crippen molar-refractivity contribution in [3.05, 3.63) is 71.5 Å². The number of halogens is 1. The van der Waals surface area contributed by atoms with Gasteiger partial charge in [-0.15, -0.1) is 6.42 Å². The van der Waals surface area contributed by atoms with Crippen molar-refractivity contribution in [3.8, 4) is 12.3 Å². The molecule has 3 rings (SSSR count). The van der Waals surface area contributed by atoms with Gasteiger partial charge in [-0.3, -0.25) is 25.0 Å². The van der Waals surface area contributed by atoms with E-state index in [9.17, 15) is 25.0 Å². The van der Waals surface area contributed by atoms with Crippen LogP contribution in [0.5, 0.6) is 0 Å². The molecule has 1 amide bonds. The number of nitrogens with zero attached hydrogens (tertiary/aromatic N) is 4. The Morgan fingerprint density at radius 3 is 2.39 bits per heavy atom. The molecule has 0 aliphatic rings. The molecular weight excluding hydrogens is 452 g/mol. The summed E-state index contributed by atoms with van der Waals surface area (Å²) in [6.45, 7) is 0.156. The van der Waals surface area contributed by atoms with E-state index in [2.05, 4.69) is 26.8 Å². The Bertz CT molecular complexity index is 1220. The van der Waals surface area contributed by atoms with E-state index < -0.39 is 27.1 Å². The van der Waals surface area contributed by atoms with Gasteiger partial charge in [-0.25, -0.2) is 0 Å². The fourth-order valence-electron chi connectivity index (χ4n) is 2.46. The summed E-state index contributed by atoms with van der Waals surface area (Å²) < 4.78 is 3.30. The number of rotatable bonds is 4. The van der Waals surface area contributed by atoms with Crippen LogP contribution >= 0.6 is 27.3 Å². The molecule has 1 heterocycles. The van der Waals surface area contributed by atoms with E-state index in [-0.39, 0.29) is 16.9 Å². The van der Waals surface area contributed by atoms with Crippen molar-refractivity contribution < 1.29 is 14.6 Å². The average Bonchev–Trinajstić information content (AvgIpc) is 2.97. The lowest BCUT2D eigenvalue weighted by molar-refractivity contribution is -0.394. The zero-order valence-electron chi connectivity index (χ0n) is 13.9. The summed E-state index contributed by atoms with van der Waals surface area (Å²) in [5, 5.41) is 22.0. The van der Waals surface area contributed by atoms with Crippen LogP contribution in [0.4, 0.5) is 11.4 Å². The van der Waals surface area contributed by atoms with E-state index in [1.165, 1.54) is 11.3 Å². The van der Waals surface area contributed by atoms with Gasteiger partial charge in [0.25, 0.3) is 17.3 Å². The highest BCUT2D eigenvalue weighted by atomic mass is 79.9. The lowest BCUT2D eigenvalue weighted by Gasteiger charge is -2.00. The average molecular weight is 461 g/mol. The molecule has 9 nitrogen and oxygen atoms in total. The quantitative estimate of drug-likeness (QED) is 0.334. The standard InChI is InChI=1S/C17H9BrN4O5S/c1-2-5-20-14-4-3-11(18)8-15(14)28-17(20)19-16(23)10-6-12(21(24)25)9-13(7-10)22(26)27/h1,3-4,6-9H,5H2. The normalized spacial score (nSPS) is 11.4. The number of carbonyl (C=O) groups excluding carboxylic acids is 1. The first-order chi connectivity index (χ1) is 13.3. The van der Waals surface area contributed by atoms with E-state index in [0.717, 1.165) is 32.9 Å². The summed E-state index contributed by atoms with van der Waals surface area (Å²) in [5.41, 5.74) is -0.622. The van der Waals surface area contributed by atoms with Gasteiger partial charge in [0, 0.05) is 16.6 Å². The van der Waals surface area contributed by atoms with Crippen LogP contribution in [0.25, 0.3) is 10.2 Å². The van der Waals surface area contributed by atoms with Gasteiger partial charge in [0.15, 0.2) is 4.80 Å². The molecule has 2 aromatic carbocycles. The van der Waals surface area contributed by atoms with Crippen molar-refractivity contribution in [2.24, 2.45) is 4.99 Å². The number of hydrogen-bond donors (Lipinski definition) is 0. The van der Waals surface area contributed by atoms with E-state index >= 15 is 0 Å². The minimum Gasteiger partial charge on any atom is -0.305 e. The van der Waals surface area contributed by atoms with Crippen LogP contribution in [0.1, 0.15) is 10.4 Å². The van der Waals surface area contributed by atoms with Crippen molar-refractivity contribution in [3.63, 3.8) is 0 Å². The third-order valence-corrected chi connectivity index (χ3v) is 5.20. The summed E-state index contributed by atoms with van der Waals surface area (Å²) >= 11 is 4.57. The summed E-state index contributed by atoms with van der Waals surface area (Å²) in [5.74, 6) is 1.64. The zero-order valence-corrected chi connectivity index (χ0v) is 16.3. The van der Waals surface area contributed by atoms with E-state index in [0.29, 0.717) is 0 Å². The lowest BCUT2D eigenvalue weighted by atomic mass is 10.1. The number of fused-ring (bicyclic) bond motifs is 1. The molecule has 28 heavy (non-hydrogen) atoms. The molecule has 3 aromatic rings. The van der Waals surface area contributed by atoms with Crippen LogP contribution in [0.15, 0.2) is 45.9 Å². The predicted octanol–water partition coefficient (Wildman–Crippen LogP) is 3.66. The monoisotopic (exact) mass is 460 g/mol. The first-order valence-corrected chi connectivity index (χ1v) is 9.16. The smallest absolute Gasteiger partial charge is 0.280 e. The molecule has 0 bridgehead atoms. The molecule has 0 unspecified atom stereocenters. The van der Waals surface area contributed by atoms with Gasteiger partial charge in [-0.2, -0.15) is 4.99 Å². The molecule has 0 saturated carbocycles. The number of benzene rings is 2. The Morgan fingerprint density at radius 2 is 1.82 bits per heavy atom. The number of terminal acetylenes is 1. The topological polar surface area (TPSA) is 121 Å². The van der Waals surface area contributed by atoms with Gasteiger partial charge in [-0.05, 0) is 18.2 Å². The molecule has 0 aliphatic carbocycles. The van der Waals surface area contributed by atoms with Gasteiger partial charge < -0.3 is 4.57 Å². The zero-order chi connectivity index (χ0) is 20.4. The third-order valence-electron chi connectivity index (χ3n) is 3.66. The van der Waals surface area contributed by atoms with E-state index in [4.69, 9.17) is 6.42 Å². The van der Waals surface area contributed by atoms with Gasteiger partial charge in [0.05, 0.1) is 38.2 Å². The minimum atomic E-state index is -0.844. The molecular formula is C17H9BrN4O5S. The van der Waals surface area contributed by atoms with Crippen molar-refractivity contribution >= 4 is 54.8 Å². The second kappa shape index (κ2) is 7.71. The predicted molar refractivity (Wildman–Crippen MR) is 106 cm³/mol. The highest BCUT2D eigenvalue weighted by molar-refractivity contribution is 9.10. The van der Waals surface area contributed by atoms with Crippen LogP contribution in [-0.2, 0) is 6.54 Å². The molecule has 1 aromatic heterocycles. The molecule has 0 spiro atoms. The van der Waals surface area contributed by atoms with Gasteiger partial charge in [-0.1, -0.05) is 33.2 Å². The number of amides is 1. The first kappa shape index (κ1) is 19.4. The number of nitro groups is 2. The van der Waals surface area contributed by atoms with Crippen molar-refractivity contribution in [2.75, 3.05) is 0 Å². The molecule has 0 saturated heterocycles. The van der Waals surface area contributed by atoms with Gasteiger partial charge >= 0.3 is 0 Å². The highest BCUT2D eigenvalue weighted by Crippen LogP contribution is 2.24. The molecule has 0 N–H and O–H groups in total. The minimum absolute atomic E-state index is 0.156. The van der Waals surface area contributed by atoms with Crippen LogP contribution in [0.3, 0.4) is 0 Å². The van der Waals surface area contributed by atoms with E-state index in [1.807, 2.05) is 18.2 Å². The maximum atomic E-state index is 12.6. The molecule has 0 aliphatic heterocycles. The fourth-order valence-corrected chi connectivity index (χ4v) is 4.04. The number of aromatic nitrogens is 1. The highest BCUT2D eigenvalue weighted by Gasteiger charge is 2.20. The fraction of sp³-hybridized carbons (Fsp3) is 0.0588. The van der Waals surface area contributed by atoms with Crippen molar-refractivity contribution in [1.29, 1.82) is 0 Å². The maximum Gasteiger partial charge on any atom is 0.280 e. The number of thiazole rings is 1. The second-order valence-electron chi connectivity index (χ2n) is 5.46. The molecule has 11 heteroatoms. The Morgan fingerprint density at radius 1 is 1.18 bits per heavy atom. The number of carbonyl (C=O) groups is 1. The van der Waals surface area contributed by atoms with Crippen molar-refractivity contribution in [2.45, 2.75) is 6.54 Å². The molecule has 0 radical (unpaired) electrons. The summed E-state index contributed by atoms with van der Waals surface area (Å²) in [4.78, 5) is 37.3. The first-order valence-electron chi connectivity index (χ1n) is 7.55. The van der Waals surface area contributed by atoms with Crippen LogP contribution < -0.4 is 4.80 Å². The Balaban J connectivity index is 2.18.